The van der Waals surface area contributed by atoms with E-state index in [1.807, 2.05) is 19.1 Å². The summed E-state index contributed by atoms with van der Waals surface area (Å²) in [5.41, 5.74) is 2.00. The van der Waals surface area contributed by atoms with E-state index in [0.717, 1.165) is 21.3 Å². The van der Waals surface area contributed by atoms with Crippen LogP contribution in [0.2, 0.25) is 0 Å². The smallest absolute Gasteiger partial charge is 0.306 e. The van der Waals surface area contributed by atoms with Crippen molar-refractivity contribution in [2.24, 2.45) is 5.92 Å². The van der Waals surface area contributed by atoms with Gasteiger partial charge in [-0.05, 0) is 46.5 Å². The molecule has 0 saturated heterocycles. The number of benzene rings is 1. The monoisotopic (exact) mass is 286 g/mol. The predicted octanol–water partition coefficient (Wildman–Crippen LogP) is 3.03. The predicted molar refractivity (Wildman–Crippen MR) is 65.9 cm³/mol. The van der Waals surface area contributed by atoms with Crippen LogP contribution >= 0.6 is 15.9 Å². The minimum Gasteiger partial charge on any atom is -0.495 e. The third-order valence-electron chi connectivity index (χ3n) is 2.58. The number of hydrogen-bond donors (Lipinski definition) is 1. The van der Waals surface area contributed by atoms with Crippen molar-refractivity contribution < 1.29 is 14.6 Å². The van der Waals surface area contributed by atoms with Gasteiger partial charge in [0, 0.05) is 0 Å². The largest absolute Gasteiger partial charge is 0.495 e. The van der Waals surface area contributed by atoms with Crippen molar-refractivity contribution >= 4 is 21.9 Å². The zero-order chi connectivity index (χ0) is 12.3. The van der Waals surface area contributed by atoms with Gasteiger partial charge in [0.05, 0.1) is 17.5 Å². The van der Waals surface area contributed by atoms with Crippen LogP contribution in [0, 0.1) is 12.8 Å². The van der Waals surface area contributed by atoms with Crippen LogP contribution < -0.4 is 4.74 Å². The molecule has 1 atom stereocenters. The number of carbonyl (C=O) groups is 1. The molecule has 0 aliphatic carbocycles. The van der Waals surface area contributed by atoms with Crippen LogP contribution in [0.15, 0.2) is 16.6 Å². The summed E-state index contributed by atoms with van der Waals surface area (Å²) in [5.74, 6) is -0.476. The van der Waals surface area contributed by atoms with Gasteiger partial charge >= 0.3 is 5.97 Å². The molecule has 0 amide bonds. The first-order valence-electron chi connectivity index (χ1n) is 5.02. The molecule has 0 aromatic heterocycles. The highest BCUT2D eigenvalue weighted by atomic mass is 79.9. The first-order chi connectivity index (χ1) is 7.47. The molecule has 3 nitrogen and oxygen atoms in total. The highest BCUT2D eigenvalue weighted by molar-refractivity contribution is 9.10. The molecule has 1 rings (SSSR count). The molecule has 0 spiro atoms. The molecule has 0 fully saturated rings. The van der Waals surface area contributed by atoms with E-state index in [4.69, 9.17) is 9.84 Å². The van der Waals surface area contributed by atoms with Crippen LogP contribution in [0.5, 0.6) is 5.75 Å². The molecule has 88 valence electrons. The Bertz CT molecular complexity index is 401. The zero-order valence-electron chi connectivity index (χ0n) is 9.58. The summed E-state index contributed by atoms with van der Waals surface area (Å²) in [5, 5.41) is 8.91. The lowest BCUT2D eigenvalue weighted by Crippen LogP contribution is -2.13. The summed E-state index contributed by atoms with van der Waals surface area (Å²) in [7, 11) is 1.59. The van der Waals surface area contributed by atoms with Gasteiger partial charge in [0.1, 0.15) is 5.75 Å². The normalized spacial score (nSPS) is 12.2. The van der Waals surface area contributed by atoms with Crippen LogP contribution in [0.4, 0.5) is 0 Å². The number of ether oxygens (including phenoxy) is 1. The molecule has 1 unspecified atom stereocenters. The highest BCUT2D eigenvalue weighted by Gasteiger charge is 2.17. The van der Waals surface area contributed by atoms with E-state index in [2.05, 4.69) is 15.9 Å². The van der Waals surface area contributed by atoms with Gasteiger partial charge in [0.25, 0.3) is 0 Å². The number of halogens is 1. The van der Waals surface area contributed by atoms with Gasteiger partial charge in [0.15, 0.2) is 0 Å². The third-order valence-corrected chi connectivity index (χ3v) is 3.21. The van der Waals surface area contributed by atoms with Gasteiger partial charge < -0.3 is 9.84 Å². The Morgan fingerprint density at radius 3 is 2.69 bits per heavy atom. The van der Waals surface area contributed by atoms with Crippen LogP contribution in [0.1, 0.15) is 18.1 Å². The van der Waals surface area contributed by atoms with Gasteiger partial charge in [-0.1, -0.05) is 13.0 Å². The summed E-state index contributed by atoms with van der Waals surface area (Å²) in [4.78, 5) is 10.8. The van der Waals surface area contributed by atoms with E-state index in [-0.39, 0.29) is 0 Å². The number of rotatable bonds is 4. The topological polar surface area (TPSA) is 46.5 Å². The molecular formula is C12H15BrO3. The Balaban J connectivity index is 3.11. The van der Waals surface area contributed by atoms with Crippen molar-refractivity contribution in [3.63, 3.8) is 0 Å². The van der Waals surface area contributed by atoms with E-state index in [1.54, 1.807) is 14.0 Å². The average molecular weight is 287 g/mol. The van der Waals surface area contributed by atoms with Gasteiger partial charge in [0.2, 0.25) is 0 Å². The number of aliphatic carboxylic acids is 1. The molecule has 1 aromatic rings. The summed E-state index contributed by atoms with van der Waals surface area (Å²) >= 11 is 3.40. The van der Waals surface area contributed by atoms with Gasteiger partial charge in [-0.2, -0.15) is 0 Å². The lowest BCUT2D eigenvalue weighted by molar-refractivity contribution is -0.141. The minimum absolute atomic E-state index is 0.415. The van der Waals surface area contributed by atoms with Gasteiger partial charge in [-0.3, -0.25) is 4.79 Å². The fourth-order valence-corrected chi connectivity index (χ4v) is 2.10. The fourth-order valence-electron chi connectivity index (χ4n) is 1.57. The standard InChI is InChI=1S/C12H15BrO3/c1-7-4-5-10(13)11(16-3)9(7)6-8(2)12(14)15/h4-5,8H,6H2,1-3H3,(H,14,15). The molecule has 1 N–H and O–H groups in total. The third kappa shape index (κ3) is 2.76. The minimum atomic E-state index is -0.790. The van der Waals surface area contributed by atoms with Crippen molar-refractivity contribution in [3.05, 3.63) is 27.7 Å². The lowest BCUT2D eigenvalue weighted by Gasteiger charge is -2.15. The van der Waals surface area contributed by atoms with Crippen molar-refractivity contribution in [2.75, 3.05) is 7.11 Å². The summed E-state index contributed by atoms with van der Waals surface area (Å²) < 4.78 is 6.15. The molecule has 4 heteroatoms. The Labute approximate surface area is 104 Å². The van der Waals surface area contributed by atoms with E-state index < -0.39 is 11.9 Å². The Morgan fingerprint density at radius 1 is 1.56 bits per heavy atom. The molecule has 0 heterocycles. The molecular weight excluding hydrogens is 272 g/mol. The van der Waals surface area contributed by atoms with E-state index in [9.17, 15) is 4.79 Å². The second kappa shape index (κ2) is 5.34. The molecule has 0 bridgehead atoms. The quantitative estimate of drug-likeness (QED) is 0.926. The SMILES string of the molecule is COc1c(Br)ccc(C)c1CC(C)C(=O)O. The average Bonchev–Trinajstić information content (AvgIpc) is 2.23. The van der Waals surface area contributed by atoms with Crippen LogP contribution in [0.25, 0.3) is 0 Å². The number of carboxylic acid groups (broad SMARTS) is 1. The molecule has 0 aliphatic heterocycles. The maximum atomic E-state index is 10.8. The van der Waals surface area contributed by atoms with Gasteiger partial charge in [-0.25, -0.2) is 0 Å². The van der Waals surface area contributed by atoms with Crippen LogP contribution in [0.3, 0.4) is 0 Å². The van der Waals surface area contributed by atoms with Crippen molar-refractivity contribution in [3.8, 4) is 5.75 Å². The van der Waals surface area contributed by atoms with Crippen molar-refractivity contribution in [2.45, 2.75) is 20.3 Å². The summed E-state index contributed by atoms with van der Waals surface area (Å²) in [6, 6.07) is 3.86. The van der Waals surface area contributed by atoms with Crippen molar-refractivity contribution in [1.29, 1.82) is 0 Å². The molecule has 0 aliphatic rings. The molecule has 1 aromatic carbocycles. The Hall–Kier alpha value is -1.03. The van der Waals surface area contributed by atoms with Crippen LogP contribution in [-0.4, -0.2) is 18.2 Å². The summed E-state index contributed by atoms with van der Waals surface area (Å²) in [6.45, 7) is 3.65. The van der Waals surface area contributed by atoms with Crippen molar-refractivity contribution in [1.82, 2.24) is 0 Å². The second-order valence-electron chi connectivity index (χ2n) is 3.82. The Morgan fingerprint density at radius 2 is 2.19 bits per heavy atom. The second-order valence-corrected chi connectivity index (χ2v) is 4.67. The maximum Gasteiger partial charge on any atom is 0.306 e. The lowest BCUT2D eigenvalue weighted by atomic mass is 9.96. The van der Waals surface area contributed by atoms with Gasteiger partial charge in [-0.15, -0.1) is 0 Å². The zero-order valence-corrected chi connectivity index (χ0v) is 11.2. The number of methoxy groups -OCH3 is 1. The van der Waals surface area contributed by atoms with E-state index >= 15 is 0 Å². The summed E-state index contributed by atoms with van der Waals surface area (Å²) in [6.07, 6.45) is 0.476. The number of hydrogen-bond acceptors (Lipinski definition) is 2. The molecule has 16 heavy (non-hydrogen) atoms. The fraction of sp³-hybridized carbons (Fsp3) is 0.417. The molecule has 0 radical (unpaired) electrons. The number of carboxylic acids is 1. The van der Waals surface area contributed by atoms with E-state index in [1.165, 1.54) is 0 Å². The first-order valence-corrected chi connectivity index (χ1v) is 5.81. The highest BCUT2D eigenvalue weighted by Crippen LogP contribution is 2.32. The first kappa shape index (κ1) is 13.0. The number of aryl methyl sites for hydroxylation is 1. The molecule has 0 saturated carbocycles. The van der Waals surface area contributed by atoms with Crippen LogP contribution in [-0.2, 0) is 11.2 Å². The Kier molecular flexibility index (Phi) is 4.35. The van der Waals surface area contributed by atoms with E-state index in [0.29, 0.717) is 6.42 Å². The maximum absolute atomic E-state index is 10.8.